The number of carboxylic acids is 1. The molecular weight excluding hydrogens is 289 g/mol. The zero-order valence-electron chi connectivity index (χ0n) is 9.85. The smallest absolute Gasteiger partial charge is 0.356 e. The number of carbonyl (C=O) groups is 1. The molecule has 0 bridgehead atoms. The van der Waals surface area contributed by atoms with Crippen LogP contribution in [-0.4, -0.2) is 16.1 Å². The van der Waals surface area contributed by atoms with Gasteiger partial charge in [0.1, 0.15) is 5.75 Å². The van der Waals surface area contributed by atoms with E-state index in [0.29, 0.717) is 10.8 Å². The van der Waals surface area contributed by atoms with Crippen LogP contribution >= 0.6 is 23.2 Å². The standard InChI is InChI=1S/C13H9Cl2NO3/c1-7-2-3-8(14)6-10(7)19-11-5-4-9(15)12(16-11)13(17)18/h2-6H,1H3,(H,17,18). The van der Waals surface area contributed by atoms with Gasteiger partial charge in [0.15, 0.2) is 5.69 Å². The number of pyridine rings is 1. The molecule has 0 radical (unpaired) electrons. The molecule has 2 rings (SSSR count). The maximum absolute atomic E-state index is 10.9. The van der Waals surface area contributed by atoms with Gasteiger partial charge < -0.3 is 9.84 Å². The van der Waals surface area contributed by atoms with Crippen LogP contribution in [0.2, 0.25) is 10.0 Å². The molecule has 2 aromatic rings. The summed E-state index contributed by atoms with van der Waals surface area (Å²) in [7, 11) is 0. The molecule has 0 saturated heterocycles. The lowest BCUT2D eigenvalue weighted by molar-refractivity contribution is 0.0690. The van der Waals surface area contributed by atoms with Crippen LogP contribution in [0, 0.1) is 6.92 Å². The Balaban J connectivity index is 2.36. The Bertz CT molecular complexity index is 644. The van der Waals surface area contributed by atoms with Gasteiger partial charge in [-0.25, -0.2) is 9.78 Å². The molecule has 1 aromatic carbocycles. The maximum Gasteiger partial charge on any atom is 0.356 e. The highest BCUT2D eigenvalue weighted by Gasteiger charge is 2.13. The van der Waals surface area contributed by atoms with Crippen LogP contribution in [-0.2, 0) is 0 Å². The number of ether oxygens (including phenoxy) is 1. The number of aryl methyl sites for hydroxylation is 1. The molecule has 0 aliphatic rings. The molecule has 1 heterocycles. The van der Waals surface area contributed by atoms with E-state index < -0.39 is 5.97 Å². The molecular formula is C13H9Cl2NO3. The molecule has 4 nitrogen and oxygen atoms in total. The molecule has 0 spiro atoms. The number of aromatic carboxylic acids is 1. The second kappa shape index (κ2) is 5.47. The molecule has 1 aromatic heterocycles. The Morgan fingerprint density at radius 2 is 2.00 bits per heavy atom. The highest BCUT2D eigenvalue weighted by Crippen LogP contribution is 2.28. The van der Waals surface area contributed by atoms with E-state index in [0.717, 1.165) is 5.56 Å². The molecule has 0 amide bonds. The van der Waals surface area contributed by atoms with Crippen LogP contribution in [0.25, 0.3) is 0 Å². The Hall–Kier alpha value is -1.78. The summed E-state index contributed by atoms with van der Waals surface area (Å²) in [6.45, 7) is 1.85. The van der Waals surface area contributed by atoms with Crippen molar-refractivity contribution in [1.82, 2.24) is 4.98 Å². The fourth-order valence-electron chi connectivity index (χ4n) is 1.43. The van der Waals surface area contributed by atoms with Crippen LogP contribution in [0.15, 0.2) is 30.3 Å². The Kier molecular flexibility index (Phi) is 3.93. The molecule has 0 atom stereocenters. The first-order chi connectivity index (χ1) is 8.97. The molecule has 0 unspecified atom stereocenters. The average molecular weight is 298 g/mol. The van der Waals surface area contributed by atoms with Gasteiger partial charge >= 0.3 is 5.97 Å². The van der Waals surface area contributed by atoms with Crippen molar-refractivity contribution in [3.8, 4) is 11.6 Å². The third-order valence-corrected chi connectivity index (χ3v) is 2.93. The van der Waals surface area contributed by atoms with Crippen molar-refractivity contribution in [1.29, 1.82) is 0 Å². The van der Waals surface area contributed by atoms with Crippen LogP contribution in [0.4, 0.5) is 0 Å². The maximum atomic E-state index is 10.9. The van der Waals surface area contributed by atoms with Crippen LogP contribution in [0.3, 0.4) is 0 Å². The second-order valence-corrected chi connectivity index (χ2v) is 4.64. The van der Waals surface area contributed by atoms with Gasteiger partial charge in [-0.15, -0.1) is 0 Å². The summed E-state index contributed by atoms with van der Waals surface area (Å²) in [5.41, 5.74) is 0.608. The highest BCUT2D eigenvalue weighted by molar-refractivity contribution is 6.33. The van der Waals surface area contributed by atoms with Gasteiger partial charge in [-0.05, 0) is 30.7 Å². The van der Waals surface area contributed by atoms with E-state index in [1.807, 2.05) is 6.92 Å². The summed E-state index contributed by atoms with van der Waals surface area (Å²) in [5.74, 6) is -0.552. The van der Waals surface area contributed by atoms with Gasteiger partial charge in [0, 0.05) is 11.1 Å². The topological polar surface area (TPSA) is 59.4 Å². The number of carboxylic acid groups (broad SMARTS) is 1. The summed E-state index contributed by atoms with van der Waals surface area (Å²) < 4.78 is 5.52. The summed E-state index contributed by atoms with van der Waals surface area (Å²) >= 11 is 11.6. The zero-order valence-corrected chi connectivity index (χ0v) is 11.4. The summed E-state index contributed by atoms with van der Waals surface area (Å²) in [6, 6.07) is 8.09. The predicted molar refractivity (Wildman–Crippen MR) is 72.5 cm³/mol. The number of benzene rings is 1. The minimum atomic E-state index is -1.21. The Morgan fingerprint density at radius 3 is 2.68 bits per heavy atom. The zero-order chi connectivity index (χ0) is 14.0. The second-order valence-electron chi connectivity index (χ2n) is 3.80. The average Bonchev–Trinajstić information content (AvgIpc) is 2.36. The van der Waals surface area contributed by atoms with Crippen molar-refractivity contribution in [3.05, 3.63) is 51.6 Å². The molecule has 0 fully saturated rings. The fourth-order valence-corrected chi connectivity index (χ4v) is 1.78. The van der Waals surface area contributed by atoms with Gasteiger partial charge in [-0.3, -0.25) is 0 Å². The van der Waals surface area contributed by atoms with Gasteiger partial charge in [-0.2, -0.15) is 0 Å². The molecule has 0 saturated carbocycles. The van der Waals surface area contributed by atoms with Crippen LogP contribution in [0.1, 0.15) is 16.1 Å². The number of nitrogens with zero attached hydrogens (tertiary/aromatic N) is 1. The molecule has 0 aliphatic carbocycles. The lowest BCUT2D eigenvalue weighted by Crippen LogP contribution is -2.02. The quantitative estimate of drug-likeness (QED) is 0.923. The molecule has 6 heteroatoms. The summed E-state index contributed by atoms with van der Waals surface area (Å²) in [6.07, 6.45) is 0. The van der Waals surface area contributed by atoms with E-state index in [1.165, 1.54) is 12.1 Å². The number of halogens is 2. The fraction of sp³-hybridized carbons (Fsp3) is 0.0769. The Morgan fingerprint density at radius 1 is 1.26 bits per heavy atom. The molecule has 19 heavy (non-hydrogen) atoms. The highest BCUT2D eigenvalue weighted by atomic mass is 35.5. The third-order valence-electron chi connectivity index (χ3n) is 2.39. The van der Waals surface area contributed by atoms with E-state index in [4.69, 9.17) is 33.0 Å². The van der Waals surface area contributed by atoms with Gasteiger partial charge in [0.25, 0.3) is 0 Å². The largest absolute Gasteiger partial charge is 0.476 e. The van der Waals surface area contributed by atoms with Crippen LogP contribution in [0.5, 0.6) is 11.6 Å². The summed E-state index contributed by atoms with van der Waals surface area (Å²) in [5, 5.41) is 9.51. The lowest BCUT2D eigenvalue weighted by Gasteiger charge is -2.09. The first-order valence-electron chi connectivity index (χ1n) is 5.31. The van der Waals surface area contributed by atoms with E-state index in [-0.39, 0.29) is 16.6 Å². The number of rotatable bonds is 3. The normalized spacial score (nSPS) is 10.3. The minimum absolute atomic E-state index is 0.0580. The van der Waals surface area contributed by atoms with E-state index in [2.05, 4.69) is 4.98 Å². The molecule has 1 N–H and O–H groups in total. The van der Waals surface area contributed by atoms with E-state index in [9.17, 15) is 4.79 Å². The first kappa shape index (κ1) is 13.6. The third kappa shape index (κ3) is 3.16. The van der Waals surface area contributed by atoms with Crippen molar-refractivity contribution in [2.24, 2.45) is 0 Å². The molecule has 0 aliphatic heterocycles. The van der Waals surface area contributed by atoms with Crippen molar-refractivity contribution in [2.45, 2.75) is 6.92 Å². The van der Waals surface area contributed by atoms with E-state index >= 15 is 0 Å². The summed E-state index contributed by atoms with van der Waals surface area (Å²) in [4.78, 5) is 14.8. The minimum Gasteiger partial charge on any atom is -0.476 e. The number of aromatic nitrogens is 1. The predicted octanol–water partition coefficient (Wildman–Crippen LogP) is 4.19. The first-order valence-corrected chi connectivity index (χ1v) is 6.07. The van der Waals surface area contributed by atoms with Crippen molar-refractivity contribution >= 4 is 29.2 Å². The van der Waals surface area contributed by atoms with E-state index in [1.54, 1.807) is 18.2 Å². The van der Waals surface area contributed by atoms with Crippen LogP contribution < -0.4 is 4.74 Å². The Labute approximate surface area is 119 Å². The van der Waals surface area contributed by atoms with Crippen molar-refractivity contribution < 1.29 is 14.6 Å². The number of hydrogen-bond donors (Lipinski definition) is 1. The van der Waals surface area contributed by atoms with Gasteiger partial charge in [0.05, 0.1) is 5.02 Å². The van der Waals surface area contributed by atoms with Gasteiger partial charge in [0.2, 0.25) is 5.88 Å². The van der Waals surface area contributed by atoms with Gasteiger partial charge in [-0.1, -0.05) is 29.3 Å². The SMILES string of the molecule is Cc1ccc(Cl)cc1Oc1ccc(Cl)c(C(=O)O)n1. The van der Waals surface area contributed by atoms with Crippen molar-refractivity contribution in [3.63, 3.8) is 0 Å². The molecule has 98 valence electrons. The van der Waals surface area contributed by atoms with Crippen molar-refractivity contribution in [2.75, 3.05) is 0 Å². The number of hydrogen-bond acceptors (Lipinski definition) is 3. The lowest BCUT2D eigenvalue weighted by atomic mass is 10.2. The monoisotopic (exact) mass is 297 g/mol.